The number of ketones is 1. The summed E-state index contributed by atoms with van der Waals surface area (Å²) in [5.41, 5.74) is 0. The van der Waals surface area contributed by atoms with E-state index in [-0.39, 0.29) is 18.6 Å². The van der Waals surface area contributed by atoms with Gasteiger partial charge in [-0.25, -0.2) is 0 Å². The van der Waals surface area contributed by atoms with E-state index in [1.165, 1.54) is 0 Å². The maximum atomic E-state index is 10.8. The Morgan fingerprint density at radius 2 is 2.18 bits per heavy atom. The van der Waals surface area contributed by atoms with Crippen molar-refractivity contribution in [1.82, 2.24) is 0 Å². The maximum absolute atomic E-state index is 10.8. The summed E-state index contributed by atoms with van der Waals surface area (Å²) in [6.07, 6.45) is -0.443. The number of carboxylic acids is 1. The predicted molar refractivity (Wildman–Crippen MR) is 33.4 cm³/mol. The van der Waals surface area contributed by atoms with Gasteiger partial charge in [0.05, 0.1) is 0 Å². The van der Waals surface area contributed by atoms with Gasteiger partial charge in [0.15, 0.2) is 5.78 Å². The lowest BCUT2D eigenvalue weighted by Crippen LogP contribution is -2.39. The van der Waals surface area contributed by atoms with Crippen LogP contribution in [0.15, 0.2) is 0 Å². The predicted octanol–water partition coefficient (Wildman–Crippen LogP) is -1.53. The normalized spacial score (nSPS) is 31.9. The molecule has 0 unspecified atom stereocenters. The lowest BCUT2D eigenvalue weighted by atomic mass is 9.87. The zero-order valence-electron chi connectivity index (χ0n) is 5.95. The fourth-order valence-corrected chi connectivity index (χ4v) is 1.20. The van der Waals surface area contributed by atoms with E-state index in [0.717, 1.165) is 0 Å². The first-order valence-corrected chi connectivity index (χ1v) is 3.53. The van der Waals surface area contributed by atoms with Crippen LogP contribution in [0.1, 0.15) is 19.3 Å². The third-order valence-electron chi connectivity index (χ3n) is 1.94. The van der Waals surface area contributed by atoms with Crippen LogP contribution in [0.25, 0.3) is 0 Å². The van der Waals surface area contributed by atoms with Gasteiger partial charge < -0.3 is 15.0 Å². The van der Waals surface area contributed by atoms with Gasteiger partial charge in [-0.2, -0.15) is 0 Å². The van der Waals surface area contributed by atoms with E-state index in [2.05, 4.69) is 0 Å². The average Bonchev–Trinajstić information content (AvgIpc) is 1.94. The third kappa shape index (κ3) is 1.77. The minimum atomic E-state index is -1.19. The van der Waals surface area contributed by atoms with Gasteiger partial charge in [-0.1, -0.05) is 0 Å². The van der Waals surface area contributed by atoms with Crippen LogP contribution >= 0.6 is 0 Å². The van der Waals surface area contributed by atoms with Gasteiger partial charge in [0, 0.05) is 18.3 Å². The Labute approximate surface area is 63.8 Å². The SMILES string of the molecule is O=C([O-])[C@H]1CC[C@H](O)C(=O)C1. The number of aliphatic carboxylic acids is 1. The van der Waals surface area contributed by atoms with E-state index in [1.807, 2.05) is 0 Å². The molecule has 1 rings (SSSR count). The topological polar surface area (TPSA) is 77.4 Å². The largest absolute Gasteiger partial charge is 0.550 e. The number of carbonyl (C=O) groups is 2. The van der Waals surface area contributed by atoms with Crippen molar-refractivity contribution in [1.29, 1.82) is 0 Å². The molecule has 62 valence electrons. The molecule has 0 amide bonds. The summed E-state index contributed by atoms with van der Waals surface area (Å²) in [5, 5.41) is 19.2. The molecule has 1 fully saturated rings. The molecule has 4 nitrogen and oxygen atoms in total. The van der Waals surface area contributed by atoms with Crippen LogP contribution in [-0.4, -0.2) is 23.0 Å². The van der Waals surface area contributed by atoms with Crippen molar-refractivity contribution in [2.24, 2.45) is 5.92 Å². The van der Waals surface area contributed by atoms with Crippen LogP contribution in [-0.2, 0) is 9.59 Å². The summed E-state index contributed by atoms with van der Waals surface area (Å²) in [4.78, 5) is 21.0. The summed E-state index contributed by atoms with van der Waals surface area (Å²) in [6, 6.07) is 0. The molecule has 0 aromatic rings. The Kier molecular flexibility index (Phi) is 2.24. The molecule has 0 bridgehead atoms. The molecule has 0 heterocycles. The first-order valence-electron chi connectivity index (χ1n) is 3.53. The molecule has 2 atom stereocenters. The Morgan fingerprint density at radius 3 is 2.64 bits per heavy atom. The van der Waals surface area contributed by atoms with E-state index in [0.29, 0.717) is 6.42 Å². The van der Waals surface area contributed by atoms with Gasteiger partial charge in [0.2, 0.25) is 0 Å². The number of aliphatic hydroxyl groups excluding tert-OH is 1. The van der Waals surface area contributed by atoms with Crippen molar-refractivity contribution in [3.63, 3.8) is 0 Å². The minimum absolute atomic E-state index is 0.0799. The Balaban J connectivity index is 2.53. The second kappa shape index (κ2) is 3.00. The quantitative estimate of drug-likeness (QED) is 0.500. The van der Waals surface area contributed by atoms with E-state index in [4.69, 9.17) is 5.11 Å². The number of Topliss-reactive ketones (excluding diaryl/α,β-unsaturated/α-hetero) is 1. The summed E-state index contributed by atoms with van der Waals surface area (Å²) in [6.45, 7) is 0. The smallest absolute Gasteiger partial charge is 0.161 e. The van der Waals surface area contributed by atoms with Crippen molar-refractivity contribution in [2.45, 2.75) is 25.4 Å². The van der Waals surface area contributed by atoms with Gasteiger partial charge in [0.1, 0.15) is 6.10 Å². The second-order valence-corrected chi connectivity index (χ2v) is 2.78. The molecule has 1 aliphatic carbocycles. The van der Waals surface area contributed by atoms with Crippen LogP contribution in [0.3, 0.4) is 0 Å². The van der Waals surface area contributed by atoms with Crippen molar-refractivity contribution >= 4 is 11.8 Å². The van der Waals surface area contributed by atoms with Crippen molar-refractivity contribution in [2.75, 3.05) is 0 Å². The summed E-state index contributed by atoms with van der Waals surface area (Å²) in [7, 11) is 0. The highest BCUT2D eigenvalue weighted by Gasteiger charge is 2.27. The van der Waals surface area contributed by atoms with Crippen molar-refractivity contribution in [3.05, 3.63) is 0 Å². The molecule has 0 saturated heterocycles. The van der Waals surface area contributed by atoms with Crippen molar-refractivity contribution < 1.29 is 19.8 Å². The summed E-state index contributed by atoms with van der Waals surface area (Å²) in [5.74, 6) is -2.26. The Bertz CT molecular complexity index is 187. The van der Waals surface area contributed by atoms with Gasteiger partial charge in [-0.15, -0.1) is 0 Å². The van der Waals surface area contributed by atoms with Crippen LogP contribution in [0.2, 0.25) is 0 Å². The molecule has 0 aliphatic heterocycles. The minimum Gasteiger partial charge on any atom is -0.550 e. The van der Waals surface area contributed by atoms with Gasteiger partial charge in [-0.3, -0.25) is 4.79 Å². The number of aliphatic hydroxyl groups is 1. The fraction of sp³-hybridized carbons (Fsp3) is 0.714. The summed E-state index contributed by atoms with van der Waals surface area (Å²) >= 11 is 0. The Hall–Kier alpha value is -0.900. The van der Waals surface area contributed by atoms with Crippen LogP contribution in [0, 0.1) is 5.92 Å². The van der Waals surface area contributed by atoms with E-state index in [9.17, 15) is 14.7 Å². The highest BCUT2D eigenvalue weighted by atomic mass is 16.4. The Morgan fingerprint density at radius 1 is 1.55 bits per heavy atom. The van der Waals surface area contributed by atoms with Gasteiger partial charge in [0.25, 0.3) is 0 Å². The van der Waals surface area contributed by atoms with E-state index >= 15 is 0 Å². The van der Waals surface area contributed by atoms with Crippen LogP contribution in [0.5, 0.6) is 0 Å². The summed E-state index contributed by atoms with van der Waals surface area (Å²) < 4.78 is 0. The average molecular weight is 157 g/mol. The first-order chi connectivity index (χ1) is 5.11. The van der Waals surface area contributed by atoms with Crippen molar-refractivity contribution in [3.8, 4) is 0 Å². The van der Waals surface area contributed by atoms with Crippen LogP contribution in [0.4, 0.5) is 0 Å². The zero-order chi connectivity index (χ0) is 8.43. The molecule has 4 heteroatoms. The molecule has 0 radical (unpaired) electrons. The number of carboxylic acid groups (broad SMARTS) is 1. The number of hydrogen-bond acceptors (Lipinski definition) is 4. The molecule has 1 saturated carbocycles. The van der Waals surface area contributed by atoms with E-state index < -0.39 is 18.0 Å². The molecule has 0 spiro atoms. The lowest BCUT2D eigenvalue weighted by molar-refractivity contribution is -0.312. The number of hydrogen-bond donors (Lipinski definition) is 1. The third-order valence-corrected chi connectivity index (χ3v) is 1.94. The molecule has 1 aliphatic rings. The zero-order valence-corrected chi connectivity index (χ0v) is 5.95. The second-order valence-electron chi connectivity index (χ2n) is 2.78. The van der Waals surface area contributed by atoms with E-state index in [1.54, 1.807) is 0 Å². The molecular weight excluding hydrogens is 148 g/mol. The molecule has 0 aromatic heterocycles. The molecular formula is C7H9O4-. The van der Waals surface area contributed by atoms with Gasteiger partial charge in [-0.05, 0) is 12.8 Å². The molecule has 0 aromatic carbocycles. The van der Waals surface area contributed by atoms with Crippen LogP contribution < -0.4 is 5.11 Å². The highest BCUT2D eigenvalue weighted by Crippen LogP contribution is 2.20. The molecule has 11 heavy (non-hydrogen) atoms. The maximum Gasteiger partial charge on any atom is 0.161 e. The van der Waals surface area contributed by atoms with Gasteiger partial charge >= 0.3 is 0 Å². The first kappa shape index (κ1) is 8.20. The monoisotopic (exact) mass is 157 g/mol. The lowest BCUT2D eigenvalue weighted by Gasteiger charge is -2.24. The fourth-order valence-electron chi connectivity index (χ4n) is 1.20. The number of carbonyl (C=O) groups excluding carboxylic acids is 2. The highest BCUT2D eigenvalue weighted by molar-refractivity contribution is 5.87. The standard InChI is InChI=1S/C7H10O4/c8-5-2-1-4(7(10)11)3-6(5)9/h4-5,8H,1-3H2,(H,10,11)/p-1/t4-,5-/m0/s1. The molecule has 1 N–H and O–H groups in total. The number of rotatable bonds is 1.